The minimum Gasteiger partial charge on any atom is -0.338 e. The molecule has 0 aliphatic rings. The predicted molar refractivity (Wildman–Crippen MR) is 72.7 cm³/mol. The first kappa shape index (κ1) is 15.8. The molecule has 21 heavy (non-hydrogen) atoms. The zero-order valence-corrected chi connectivity index (χ0v) is 12.3. The van der Waals surface area contributed by atoms with Gasteiger partial charge in [0, 0.05) is 11.4 Å². The number of hydrogen-bond donors (Lipinski definition) is 0. The molecule has 1 aromatic carbocycles. The topological polar surface area (TPSA) is 42.2 Å². The number of alkyl halides is 3. The fourth-order valence-electron chi connectivity index (χ4n) is 1.80. The number of thioether (sulfide) groups is 1. The summed E-state index contributed by atoms with van der Waals surface area (Å²) in [4.78, 5) is 6.30. The van der Waals surface area contributed by atoms with E-state index < -0.39 is 12.0 Å². The molecule has 0 atom stereocenters. The third-order valence-corrected chi connectivity index (χ3v) is 3.44. The van der Waals surface area contributed by atoms with Gasteiger partial charge >= 0.3 is 6.18 Å². The van der Waals surface area contributed by atoms with Gasteiger partial charge < -0.3 is 4.52 Å². The van der Waals surface area contributed by atoms with Crippen molar-refractivity contribution in [1.29, 1.82) is 0 Å². The molecule has 0 aliphatic carbocycles. The number of nitrogens with zero attached hydrogens (tertiary/aromatic N) is 3. The quantitative estimate of drug-likeness (QED) is 0.790. The number of hydrogen-bond acceptors (Lipinski definition) is 5. The van der Waals surface area contributed by atoms with Crippen LogP contribution in [0.4, 0.5) is 13.2 Å². The molecule has 1 heterocycles. The van der Waals surface area contributed by atoms with Gasteiger partial charge in [-0.2, -0.15) is 18.2 Å². The van der Waals surface area contributed by atoms with E-state index in [1.54, 1.807) is 18.8 Å². The summed E-state index contributed by atoms with van der Waals surface area (Å²) >= 11 is 1.64. The third kappa shape index (κ3) is 4.47. The molecular weight excluding hydrogens is 303 g/mol. The van der Waals surface area contributed by atoms with E-state index in [1.165, 1.54) is 0 Å². The van der Waals surface area contributed by atoms with Crippen LogP contribution in [0.5, 0.6) is 0 Å². The maximum absolute atomic E-state index is 12.4. The lowest BCUT2D eigenvalue weighted by atomic mass is 10.2. The molecule has 0 fully saturated rings. The van der Waals surface area contributed by atoms with Crippen molar-refractivity contribution in [2.24, 2.45) is 0 Å². The van der Waals surface area contributed by atoms with Crippen molar-refractivity contribution >= 4 is 11.8 Å². The van der Waals surface area contributed by atoms with Gasteiger partial charge in [-0.15, -0.1) is 11.8 Å². The SMILES string of the molecule is CSc1cccc(CN(C)Cc2nc(C(F)(F)F)no2)c1. The maximum Gasteiger partial charge on any atom is 0.455 e. The molecule has 0 spiro atoms. The van der Waals surface area contributed by atoms with Crippen molar-refractivity contribution < 1.29 is 17.7 Å². The largest absolute Gasteiger partial charge is 0.455 e. The Labute approximate surface area is 124 Å². The minimum absolute atomic E-state index is 0.0501. The van der Waals surface area contributed by atoms with Crippen LogP contribution in [0.1, 0.15) is 17.3 Å². The first-order valence-corrected chi connectivity index (χ1v) is 7.32. The summed E-state index contributed by atoms with van der Waals surface area (Å²) in [6.07, 6.45) is -2.59. The molecule has 4 nitrogen and oxygen atoms in total. The van der Waals surface area contributed by atoms with E-state index in [1.807, 2.05) is 35.4 Å². The van der Waals surface area contributed by atoms with Crippen LogP contribution in [0.15, 0.2) is 33.7 Å². The molecule has 1 aromatic heterocycles. The average molecular weight is 317 g/mol. The van der Waals surface area contributed by atoms with E-state index in [-0.39, 0.29) is 12.4 Å². The summed E-state index contributed by atoms with van der Waals surface area (Å²) in [7, 11) is 1.78. The van der Waals surface area contributed by atoms with Gasteiger partial charge in [-0.25, -0.2) is 0 Å². The third-order valence-electron chi connectivity index (χ3n) is 2.71. The molecular formula is C13H14F3N3OS. The Bertz CT molecular complexity index is 600. The fraction of sp³-hybridized carbons (Fsp3) is 0.385. The van der Waals surface area contributed by atoms with E-state index in [4.69, 9.17) is 0 Å². The van der Waals surface area contributed by atoms with Crippen LogP contribution in [0, 0.1) is 0 Å². The van der Waals surface area contributed by atoms with Gasteiger partial charge in [-0.3, -0.25) is 4.90 Å². The van der Waals surface area contributed by atoms with Gasteiger partial charge in [-0.05, 0) is 31.0 Å². The Kier molecular flexibility index (Phi) is 4.89. The van der Waals surface area contributed by atoms with Gasteiger partial charge in [0.2, 0.25) is 5.89 Å². The van der Waals surface area contributed by atoms with Crippen LogP contribution in [0.25, 0.3) is 0 Å². The normalized spacial score (nSPS) is 12.1. The van der Waals surface area contributed by atoms with E-state index in [2.05, 4.69) is 14.7 Å². The molecule has 0 saturated heterocycles. The first-order valence-electron chi connectivity index (χ1n) is 6.09. The van der Waals surface area contributed by atoms with Gasteiger partial charge in [0.05, 0.1) is 6.54 Å². The number of aromatic nitrogens is 2. The molecule has 8 heteroatoms. The summed E-state index contributed by atoms with van der Waals surface area (Å²) in [5, 5.41) is 2.93. The highest BCUT2D eigenvalue weighted by Crippen LogP contribution is 2.26. The highest BCUT2D eigenvalue weighted by molar-refractivity contribution is 7.98. The Morgan fingerprint density at radius 1 is 1.29 bits per heavy atom. The second-order valence-corrected chi connectivity index (χ2v) is 5.41. The molecule has 2 rings (SSSR count). The van der Waals surface area contributed by atoms with Crippen molar-refractivity contribution in [1.82, 2.24) is 15.0 Å². The van der Waals surface area contributed by atoms with Gasteiger partial charge in [0.1, 0.15) is 0 Å². The lowest BCUT2D eigenvalue weighted by Gasteiger charge is -2.14. The van der Waals surface area contributed by atoms with E-state index in [9.17, 15) is 13.2 Å². The lowest BCUT2D eigenvalue weighted by molar-refractivity contribution is -0.146. The van der Waals surface area contributed by atoms with Gasteiger partial charge in [0.25, 0.3) is 5.82 Å². The van der Waals surface area contributed by atoms with E-state index in [0.717, 1.165) is 10.5 Å². The zero-order valence-electron chi connectivity index (χ0n) is 11.5. The van der Waals surface area contributed by atoms with Crippen molar-refractivity contribution in [3.63, 3.8) is 0 Å². The van der Waals surface area contributed by atoms with Gasteiger partial charge in [-0.1, -0.05) is 17.3 Å². The zero-order chi connectivity index (χ0) is 15.5. The molecule has 0 aliphatic heterocycles. The van der Waals surface area contributed by atoms with E-state index >= 15 is 0 Å². The standard InChI is InChI=1S/C13H14F3N3OS/c1-19(7-9-4-3-5-10(6-9)21-2)8-11-17-12(18-20-11)13(14,15)16/h3-6H,7-8H2,1-2H3. The van der Waals surface area contributed by atoms with Crippen LogP contribution < -0.4 is 0 Å². The molecule has 0 radical (unpaired) electrons. The predicted octanol–water partition coefficient (Wildman–Crippen LogP) is 3.44. The smallest absolute Gasteiger partial charge is 0.338 e. The van der Waals surface area contributed by atoms with Gasteiger partial charge in [0.15, 0.2) is 0 Å². The van der Waals surface area contributed by atoms with E-state index in [0.29, 0.717) is 6.54 Å². The Morgan fingerprint density at radius 3 is 2.67 bits per heavy atom. The first-order chi connectivity index (χ1) is 9.88. The van der Waals surface area contributed by atoms with Crippen molar-refractivity contribution in [3.05, 3.63) is 41.5 Å². The number of halogens is 3. The Morgan fingerprint density at radius 2 is 2.05 bits per heavy atom. The van der Waals surface area contributed by atoms with Crippen molar-refractivity contribution in [2.45, 2.75) is 24.2 Å². The summed E-state index contributed by atoms with van der Waals surface area (Å²) in [5.74, 6) is -1.29. The number of rotatable bonds is 5. The van der Waals surface area contributed by atoms with Crippen LogP contribution in [0.3, 0.4) is 0 Å². The Balaban J connectivity index is 1.98. The molecule has 114 valence electrons. The summed E-state index contributed by atoms with van der Waals surface area (Å²) in [6, 6.07) is 7.95. The van der Waals surface area contributed by atoms with Crippen LogP contribution in [-0.4, -0.2) is 28.3 Å². The molecule has 0 amide bonds. The molecule has 0 bridgehead atoms. The highest BCUT2D eigenvalue weighted by Gasteiger charge is 2.37. The second-order valence-electron chi connectivity index (χ2n) is 4.53. The monoisotopic (exact) mass is 317 g/mol. The van der Waals surface area contributed by atoms with Crippen LogP contribution >= 0.6 is 11.8 Å². The summed E-state index contributed by atoms with van der Waals surface area (Å²) in [6.45, 7) is 0.741. The average Bonchev–Trinajstić information content (AvgIpc) is 2.87. The maximum atomic E-state index is 12.4. The summed E-state index contributed by atoms with van der Waals surface area (Å²) < 4.78 is 41.7. The number of benzene rings is 1. The fourth-order valence-corrected chi connectivity index (χ4v) is 2.29. The summed E-state index contributed by atoms with van der Waals surface area (Å²) in [5.41, 5.74) is 1.07. The van der Waals surface area contributed by atoms with Crippen LogP contribution in [0.2, 0.25) is 0 Å². The highest BCUT2D eigenvalue weighted by atomic mass is 32.2. The Hall–Kier alpha value is -1.54. The van der Waals surface area contributed by atoms with Crippen molar-refractivity contribution in [2.75, 3.05) is 13.3 Å². The molecule has 0 unspecified atom stereocenters. The second kappa shape index (κ2) is 6.48. The van der Waals surface area contributed by atoms with Crippen LogP contribution in [-0.2, 0) is 19.3 Å². The van der Waals surface area contributed by atoms with Crippen molar-refractivity contribution in [3.8, 4) is 0 Å². The molecule has 2 aromatic rings. The molecule has 0 N–H and O–H groups in total. The lowest BCUT2D eigenvalue weighted by Crippen LogP contribution is -2.17. The molecule has 0 saturated carbocycles. The minimum atomic E-state index is -4.58.